The minimum Gasteiger partial charge on any atom is -0.286 e. The molecule has 0 radical (unpaired) electrons. The van der Waals surface area contributed by atoms with Crippen molar-refractivity contribution in [1.82, 2.24) is 9.55 Å². The van der Waals surface area contributed by atoms with Gasteiger partial charge in [0.2, 0.25) is 0 Å². The van der Waals surface area contributed by atoms with Crippen molar-refractivity contribution in [2.24, 2.45) is 0 Å². The molecule has 0 spiro atoms. The fourth-order valence-electron chi connectivity index (χ4n) is 2.10. The predicted molar refractivity (Wildman–Crippen MR) is 90.7 cm³/mol. The lowest BCUT2D eigenvalue weighted by atomic mass is 10.2. The number of para-hydroxylation sites is 1. The van der Waals surface area contributed by atoms with E-state index in [4.69, 9.17) is 0 Å². The molecule has 5 heteroatoms. The number of fused-ring (bicyclic) bond motifs is 1. The minimum atomic E-state index is 0.0164. The first-order valence-electron chi connectivity index (χ1n) is 6.50. The van der Waals surface area contributed by atoms with E-state index in [1.54, 1.807) is 16.3 Å². The lowest BCUT2D eigenvalue weighted by Crippen LogP contribution is -2.22. The van der Waals surface area contributed by atoms with Crippen LogP contribution < -0.4 is 5.56 Å². The SMILES string of the molecule is Cc1nc2ccccc2c(=O)n1CSc1ccc(Br)cc1. The van der Waals surface area contributed by atoms with Crippen LogP contribution in [0.5, 0.6) is 0 Å². The van der Waals surface area contributed by atoms with Crippen molar-refractivity contribution >= 4 is 38.6 Å². The van der Waals surface area contributed by atoms with Gasteiger partial charge in [0.25, 0.3) is 5.56 Å². The monoisotopic (exact) mass is 360 g/mol. The Kier molecular flexibility index (Phi) is 4.12. The molecule has 1 heterocycles. The van der Waals surface area contributed by atoms with Gasteiger partial charge in [-0.25, -0.2) is 4.98 Å². The second kappa shape index (κ2) is 6.03. The second-order valence-corrected chi connectivity index (χ2v) is 6.57. The molecule has 0 saturated carbocycles. The fraction of sp³-hybridized carbons (Fsp3) is 0.125. The van der Waals surface area contributed by atoms with Crippen LogP contribution in [0.15, 0.2) is 62.7 Å². The zero-order valence-corrected chi connectivity index (χ0v) is 13.8. The summed E-state index contributed by atoms with van der Waals surface area (Å²) in [4.78, 5) is 18.2. The van der Waals surface area contributed by atoms with E-state index in [-0.39, 0.29) is 5.56 Å². The molecule has 3 rings (SSSR count). The summed E-state index contributed by atoms with van der Waals surface area (Å²) >= 11 is 5.04. The number of thioether (sulfide) groups is 1. The number of rotatable bonds is 3. The molecule has 1 aromatic heterocycles. The molecule has 106 valence electrons. The van der Waals surface area contributed by atoms with Gasteiger partial charge in [0.1, 0.15) is 5.82 Å². The maximum Gasteiger partial charge on any atom is 0.262 e. The van der Waals surface area contributed by atoms with Crippen LogP contribution in [0.4, 0.5) is 0 Å². The summed E-state index contributed by atoms with van der Waals surface area (Å²) in [5, 5.41) is 0.666. The Labute approximate surface area is 135 Å². The number of aromatic nitrogens is 2. The van der Waals surface area contributed by atoms with Crippen molar-refractivity contribution < 1.29 is 0 Å². The molecule has 3 nitrogen and oxygen atoms in total. The predicted octanol–water partition coefficient (Wildman–Crippen LogP) is 4.22. The van der Waals surface area contributed by atoms with Gasteiger partial charge in [-0.15, -0.1) is 11.8 Å². The van der Waals surface area contributed by atoms with Crippen LogP contribution in [0.25, 0.3) is 10.9 Å². The highest BCUT2D eigenvalue weighted by Crippen LogP contribution is 2.22. The maximum absolute atomic E-state index is 12.5. The molecule has 0 unspecified atom stereocenters. The van der Waals surface area contributed by atoms with E-state index in [2.05, 4.69) is 20.9 Å². The Bertz CT molecular complexity index is 843. The molecule has 0 amide bonds. The summed E-state index contributed by atoms with van der Waals surface area (Å²) < 4.78 is 2.77. The summed E-state index contributed by atoms with van der Waals surface area (Å²) in [7, 11) is 0. The highest BCUT2D eigenvalue weighted by molar-refractivity contribution is 9.10. The van der Waals surface area contributed by atoms with Crippen molar-refractivity contribution in [1.29, 1.82) is 0 Å². The standard InChI is InChI=1S/C16H13BrN2OS/c1-11-18-15-5-3-2-4-14(15)16(20)19(11)10-21-13-8-6-12(17)7-9-13/h2-9H,10H2,1H3. The Hall–Kier alpha value is -1.59. The van der Waals surface area contributed by atoms with E-state index >= 15 is 0 Å². The zero-order chi connectivity index (χ0) is 14.8. The van der Waals surface area contributed by atoms with Gasteiger partial charge in [0, 0.05) is 9.37 Å². The van der Waals surface area contributed by atoms with E-state index in [1.165, 1.54) is 0 Å². The van der Waals surface area contributed by atoms with Crippen LogP contribution in [0.3, 0.4) is 0 Å². The molecular weight excluding hydrogens is 348 g/mol. The topological polar surface area (TPSA) is 34.9 Å². The number of halogens is 1. The Morgan fingerprint density at radius 1 is 1.14 bits per heavy atom. The molecular formula is C16H13BrN2OS. The third-order valence-corrected chi connectivity index (χ3v) is 4.75. The molecule has 21 heavy (non-hydrogen) atoms. The molecule has 0 aliphatic carbocycles. The van der Waals surface area contributed by atoms with Crippen molar-refractivity contribution in [2.75, 3.05) is 0 Å². The van der Waals surface area contributed by atoms with E-state index in [0.717, 1.165) is 20.7 Å². The van der Waals surface area contributed by atoms with Gasteiger partial charge < -0.3 is 0 Å². The van der Waals surface area contributed by atoms with Crippen molar-refractivity contribution in [3.63, 3.8) is 0 Å². The molecule has 0 N–H and O–H groups in total. The summed E-state index contributed by atoms with van der Waals surface area (Å²) in [6.07, 6.45) is 0. The molecule has 0 atom stereocenters. The quantitative estimate of drug-likeness (QED) is 0.656. The van der Waals surface area contributed by atoms with Crippen molar-refractivity contribution in [2.45, 2.75) is 17.7 Å². The average molecular weight is 361 g/mol. The first kappa shape index (κ1) is 14.4. The number of hydrogen-bond donors (Lipinski definition) is 0. The number of benzene rings is 2. The molecule has 0 saturated heterocycles. The van der Waals surface area contributed by atoms with Gasteiger partial charge in [0.05, 0.1) is 16.8 Å². The van der Waals surface area contributed by atoms with Crippen LogP contribution in [-0.4, -0.2) is 9.55 Å². The normalized spacial score (nSPS) is 11.0. The number of aryl methyl sites for hydroxylation is 1. The molecule has 0 bridgehead atoms. The van der Waals surface area contributed by atoms with Crippen molar-refractivity contribution in [3.05, 3.63) is 69.2 Å². The summed E-state index contributed by atoms with van der Waals surface area (Å²) in [5.74, 6) is 1.30. The molecule has 0 aliphatic heterocycles. The zero-order valence-electron chi connectivity index (χ0n) is 11.4. The van der Waals surface area contributed by atoms with Crippen LogP contribution in [0, 0.1) is 6.92 Å². The second-order valence-electron chi connectivity index (χ2n) is 4.64. The Morgan fingerprint density at radius 3 is 2.62 bits per heavy atom. The van der Waals surface area contributed by atoms with Gasteiger partial charge >= 0.3 is 0 Å². The van der Waals surface area contributed by atoms with Gasteiger partial charge in [-0.2, -0.15) is 0 Å². The van der Waals surface area contributed by atoms with Crippen molar-refractivity contribution in [3.8, 4) is 0 Å². The lowest BCUT2D eigenvalue weighted by molar-refractivity contribution is 0.776. The summed E-state index contributed by atoms with van der Waals surface area (Å²) in [6, 6.07) is 15.5. The van der Waals surface area contributed by atoms with E-state index in [0.29, 0.717) is 11.3 Å². The lowest BCUT2D eigenvalue weighted by Gasteiger charge is -2.10. The van der Waals surface area contributed by atoms with E-state index in [1.807, 2.05) is 55.5 Å². The van der Waals surface area contributed by atoms with Gasteiger partial charge in [-0.1, -0.05) is 28.1 Å². The van der Waals surface area contributed by atoms with E-state index in [9.17, 15) is 4.79 Å². The van der Waals surface area contributed by atoms with Crippen LogP contribution >= 0.6 is 27.7 Å². The Balaban J connectivity index is 1.93. The minimum absolute atomic E-state index is 0.0164. The summed E-state index contributed by atoms with van der Waals surface area (Å²) in [6.45, 7) is 1.87. The maximum atomic E-state index is 12.5. The molecule has 3 aromatic rings. The van der Waals surface area contributed by atoms with Crippen LogP contribution in [0.1, 0.15) is 5.82 Å². The highest BCUT2D eigenvalue weighted by Gasteiger charge is 2.07. The fourth-order valence-corrected chi connectivity index (χ4v) is 3.28. The average Bonchev–Trinajstić information content (AvgIpc) is 2.49. The van der Waals surface area contributed by atoms with Crippen LogP contribution in [-0.2, 0) is 5.88 Å². The first-order valence-corrected chi connectivity index (χ1v) is 8.27. The van der Waals surface area contributed by atoms with Crippen LogP contribution in [0.2, 0.25) is 0 Å². The van der Waals surface area contributed by atoms with Gasteiger partial charge in [-0.05, 0) is 43.3 Å². The number of hydrogen-bond acceptors (Lipinski definition) is 3. The van der Waals surface area contributed by atoms with E-state index < -0.39 is 0 Å². The summed E-state index contributed by atoms with van der Waals surface area (Å²) in [5.41, 5.74) is 0.771. The third-order valence-electron chi connectivity index (χ3n) is 3.23. The van der Waals surface area contributed by atoms with Gasteiger partial charge in [-0.3, -0.25) is 9.36 Å². The number of nitrogens with zero attached hydrogens (tertiary/aromatic N) is 2. The van der Waals surface area contributed by atoms with Gasteiger partial charge in [0.15, 0.2) is 0 Å². The first-order chi connectivity index (χ1) is 10.1. The largest absolute Gasteiger partial charge is 0.286 e. The molecule has 0 fully saturated rings. The molecule has 0 aliphatic rings. The highest BCUT2D eigenvalue weighted by atomic mass is 79.9. The Morgan fingerprint density at radius 2 is 1.86 bits per heavy atom. The third kappa shape index (κ3) is 3.04. The smallest absolute Gasteiger partial charge is 0.262 e. The molecule has 2 aromatic carbocycles.